The number of fused-ring (bicyclic) bond motifs is 1. The van der Waals surface area contributed by atoms with E-state index in [1.165, 1.54) is 5.56 Å². The second kappa shape index (κ2) is 4.74. The topological polar surface area (TPSA) is 80.7 Å². The van der Waals surface area contributed by atoms with Gasteiger partial charge < -0.3 is 16.5 Å². The Morgan fingerprint density at radius 3 is 2.47 bits per heavy atom. The Kier molecular flexibility index (Phi) is 2.93. The first-order valence-electron chi connectivity index (χ1n) is 6.26. The Balaban J connectivity index is 1.90. The zero-order valence-corrected chi connectivity index (χ0v) is 10.6. The van der Waals surface area contributed by atoms with Crippen molar-refractivity contribution in [2.75, 3.05) is 5.73 Å². The molecule has 0 bridgehead atoms. The first kappa shape index (κ1) is 11.7. The summed E-state index contributed by atoms with van der Waals surface area (Å²) in [4.78, 5) is 7.91. The number of nitrogens with zero attached hydrogens (tertiary/aromatic N) is 1. The summed E-state index contributed by atoms with van der Waals surface area (Å²) in [5.41, 5.74) is 16.4. The van der Waals surface area contributed by atoms with Gasteiger partial charge in [0.05, 0.1) is 11.0 Å². The van der Waals surface area contributed by atoms with Gasteiger partial charge in [0.25, 0.3) is 0 Å². The van der Waals surface area contributed by atoms with Crippen molar-refractivity contribution in [1.82, 2.24) is 9.97 Å². The summed E-state index contributed by atoms with van der Waals surface area (Å²) >= 11 is 0. The van der Waals surface area contributed by atoms with E-state index in [1.54, 1.807) is 0 Å². The van der Waals surface area contributed by atoms with Gasteiger partial charge in [-0.05, 0) is 35.4 Å². The van der Waals surface area contributed by atoms with E-state index in [0.717, 1.165) is 34.5 Å². The second-order valence-electron chi connectivity index (χ2n) is 4.66. The average molecular weight is 252 g/mol. The van der Waals surface area contributed by atoms with Crippen LogP contribution in [0.25, 0.3) is 11.0 Å². The number of nitrogens with two attached hydrogens (primary N) is 2. The zero-order valence-electron chi connectivity index (χ0n) is 10.6. The highest BCUT2D eigenvalue weighted by Crippen LogP contribution is 2.16. The number of nitrogens with one attached hydrogen (secondary N) is 1. The molecular weight excluding hydrogens is 236 g/mol. The van der Waals surface area contributed by atoms with Gasteiger partial charge >= 0.3 is 0 Å². The van der Waals surface area contributed by atoms with Crippen LogP contribution in [-0.4, -0.2) is 9.97 Å². The molecular formula is C15H16N4. The maximum absolute atomic E-state index is 5.68. The summed E-state index contributed by atoms with van der Waals surface area (Å²) in [6.45, 7) is 0.544. The number of rotatable bonds is 3. The highest BCUT2D eigenvalue weighted by atomic mass is 14.9. The molecule has 96 valence electrons. The van der Waals surface area contributed by atoms with Crippen molar-refractivity contribution in [3.05, 3.63) is 59.4 Å². The standard InChI is InChI=1S/C15H16N4/c16-9-11-3-6-13-14(7-11)19-15(18-13)8-10-1-4-12(17)5-2-10/h1-7H,8-9,16-17H2,(H,18,19). The predicted molar refractivity (Wildman–Crippen MR) is 77.6 cm³/mol. The molecule has 3 rings (SSSR count). The van der Waals surface area contributed by atoms with Gasteiger partial charge in [-0.3, -0.25) is 0 Å². The molecule has 19 heavy (non-hydrogen) atoms. The third-order valence-corrected chi connectivity index (χ3v) is 3.18. The first-order valence-corrected chi connectivity index (χ1v) is 6.26. The van der Waals surface area contributed by atoms with E-state index < -0.39 is 0 Å². The molecule has 5 N–H and O–H groups in total. The molecule has 1 aromatic heterocycles. The van der Waals surface area contributed by atoms with Gasteiger partial charge in [-0.2, -0.15) is 0 Å². The first-order chi connectivity index (χ1) is 9.24. The molecule has 4 nitrogen and oxygen atoms in total. The monoisotopic (exact) mass is 252 g/mol. The molecule has 0 aliphatic heterocycles. The number of anilines is 1. The van der Waals surface area contributed by atoms with Gasteiger partial charge in [0.1, 0.15) is 5.82 Å². The van der Waals surface area contributed by atoms with E-state index in [2.05, 4.69) is 16.0 Å². The summed E-state index contributed by atoms with van der Waals surface area (Å²) in [5.74, 6) is 0.953. The lowest BCUT2D eigenvalue weighted by Crippen LogP contribution is -1.95. The molecule has 0 unspecified atom stereocenters. The molecule has 0 saturated heterocycles. The zero-order chi connectivity index (χ0) is 13.2. The number of imidazole rings is 1. The fourth-order valence-corrected chi connectivity index (χ4v) is 2.15. The molecule has 0 saturated carbocycles. The summed E-state index contributed by atoms with van der Waals surface area (Å²) in [7, 11) is 0. The molecule has 0 amide bonds. The lowest BCUT2D eigenvalue weighted by molar-refractivity contribution is 1.04. The van der Waals surface area contributed by atoms with Crippen LogP contribution in [0, 0.1) is 0 Å². The molecule has 2 aromatic carbocycles. The molecule has 0 radical (unpaired) electrons. The average Bonchev–Trinajstić information content (AvgIpc) is 2.82. The lowest BCUT2D eigenvalue weighted by Gasteiger charge is -1.98. The van der Waals surface area contributed by atoms with Crippen LogP contribution in [0.15, 0.2) is 42.5 Å². The minimum atomic E-state index is 0.544. The molecule has 0 atom stereocenters. The van der Waals surface area contributed by atoms with Crippen LogP contribution < -0.4 is 11.5 Å². The van der Waals surface area contributed by atoms with Crippen LogP contribution in [0.5, 0.6) is 0 Å². The molecule has 0 spiro atoms. The largest absolute Gasteiger partial charge is 0.399 e. The van der Waals surface area contributed by atoms with E-state index >= 15 is 0 Å². The lowest BCUT2D eigenvalue weighted by atomic mass is 10.1. The number of hydrogen-bond acceptors (Lipinski definition) is 3. The molecule has 4 heteroatoms. The predicted octanol–water partition coefficient (Wildman–Crippen LogP) is 2.19. The van der Waals surface area contributed by atoms with Crippen LogP contribution in [0.4, 0.5) is 5.69 Å². The molecule has 0 fully saturated rings. The van der Waals surface area contributed by atoms with E-state index in [9.17, 15) is 0 Å². The van der Waals surface area contributed by atoms with Gasteiger partial charge in [0, 0.05) is 18.7 Å². The number of aromatic amines is 1. The number of nitrogen functional groups attached to an aromatic ring is 1. The van der Waals surface area contributed by atoms with Crippen molar-refractivity contribution in [2.45, 2.75) is 13.0 Å². The number of H-pyrrole nitrogens is 1. The van der Waals surface area contributed by atoms with Crippen LogP contribution in [0.3, 0.4) is 0 Å². The smallest absolute Gasteiger partial charge is 0.111 e. The third-order valence-electron chi connectivity index (χ3n) is 3.18. The van der Waals surface area contributed by atoms with Crippen LogP contribution in [0.2, 0.25) is 0 Å². The Labute approximate surface area is 111 Å². The number of benzene rings is 2. The minimum Gasteiger partial charge on any atom is -0.399 e. The normalized spacial score (nSPS) is 11.0. The Hall–Kier alpha value is -2.33. The maximum atomic E-state index is 5.68. The van der Waals surface area contributed by atoms with Gasteiger partial charge in [0.15, 0.2) is 0 Å². The SMILES string of the molecule is NCc1ccc2nc(Cc3ccc(N)cc3)[nH]c2c1. The Bertz CT molecular complexity index is 698. The highest BCUT2D eigenvalue weighted by molar-refractivity contribution is 5.75. The van der Waals surface area contributed by atoms with Crippen molar-refractivity contribution >= 4 is 16.7 Å². The van der Waals surface area contributed by atoms with Crippen molar-refractivity contribution in [1.29, 1.82) is 0 Å². The van der Waals surface area contributed by atoms with Crippen LogP contribution in [0.1, 0.15) is 17.0 Å². The van der Waals surface area contributed by atoms with Gasteiger partial charge in [-0.25, -0.2) is 4.98 Å². The van der Waals surface area contributed by atoms with Crippen molar-refractivity contribution in [3.63, 3.8) is 0 Å². The number of hydrogen-bond donors (Lipinski definition) is 3. The fraction of sp³-hybridized carbons (Fsp3) is 0.133. The molecule has 3 aromatic rings. The fourth-order valence-electron chi connectivity index (χ4n) is 2.15. The van der Waals surface area contributed by atoms with Crippen molar-refractivity contribution in [3.8, 4) is 0 Å². The molecule has 0 aliphatic carbocycles. The van der Waals surface area contributed by atoms with E-state index in [-0.39, 0.29) is 0 Å². The van der Waals surface area contributed by atoms with Gasteiger partial charge in [-0.1, -0.05) is 18.2 Å². The van der Waals surface area contributed by atoms with Gasteiger partial charge in [0.2, 0.25) is 0 Å². The summed E-state index contributed by atoms with van der Waals surface area (Å²) < 4.78 is 0. The van der Waals surface area contributed by atoms with Crippen LogP contribution >= 0.6 is 0 Å². The van der Waals surface area contributed by atoms with Gasteiger partial charge in [-0.15, -0.1) is 0 Å². The second-order valence-corrected chi connectivity index (χ2v) is 4.66. The van der Waals surface area contributed by atoms with E-state index in [0.29, 0.717) is 6.54 Å². The summed E-state index contributed by atoms with van der Waals surface area (Å²) in [6.07, 6.45) is 0.771. The number of aromatic nitrogens is 2. The quantitative estimate of drug-likeness (QED) is 0.625. The van der Waals surface area contributed by atoms with Crippen molar-refractivity contribution in [2.24, 2.45) is 5.73 Å². The van der Waals surface area contributed by atoms with E-state index in [4.69, 9.17) is 11.5 Å². The molecule has 0 aliphatic rings. The third kappa shape index (κ3) is 2.44. The van der Waals surface area contributed by atoms with Crippen molar-refractivity contribution < 1.29 is 0 Å². The van der Waals surface area contributed by atoms with Crippen LogP contribution in [-0.2, 0) is 13.0 Å². The summed E-state index contributed by atoms with van der Waals surface area (Å²) in [6, 6.07) is 13.9. The molecule has 1 heterocycles. The Morgan fingerprint density at radius 2 is 1.74 bits per heavy atom. The Morgan fingerprint density at radius 1 is 1.00 bits per heavy atom. The summed E-state index contributed by atoms with van der Waals surface area (Å²) in [5, 5.41) is 0. The minimum absolute atomic E-state index is 0.544. The van der Waals surface area contributed by atoms with E-state index in [1.807, 2.05) is 36.4 Å². The highest BCUT2D eigenvalue weighted by Gasteiger charge is 2.04. The maximum Gasteiger partial charge on any atom is 0.111 e.